The number of hydrogen-bond donors (Lipinski definition) is 1. The minimum Gasteiger partial charge on any atom is -0.489 e. The molecule has 2 aromatic carbocycles. The normalized spacial score (nSPS) is 12.0. The van der Waals surface area contributed by atoms with Crippen LogP contribution in [0.2, 0.25) is 10.0 Å². The SMILES string of the molecule is Cc1cccc(OC(C)CNc2ccc(Cl)c(Cl)c2)c1. The molecule has 0 aliphatic heterocycles. The Hall–Kier alpha value is -1.38. The number of aryl methyl sites for hydroxylation is 1. The van der Waals surface area contributed by atoms with E-state index in [1.807, 2.05) is 50.2 Å². The second-order valence-electron chi connectivity index (χ2n) is 4.75. The lowest BCUT2D eigenvalue weighted by atomic mass is 10.2. The van der Waals surface area contributed by atoms with E-state index in [4.69, 9.17) is 27.9 Å². The smallest absolute Gasteiger partial charge is 0.120 e. The molecule has 0 heterocycles. The Labute approximate surface area is 129 Å². The summed E-state index contributed by atoms with van der Waals surface area (Å²) in [4.78, 5) is 0. The summed E-state index contributed by atoms with van der Waals surface area (Å²) in [5.41, 5.74) is 2.12. The summed E-state index contributed by atoms with van der Waals surface area (Å²) in [6.45, 7) is 4.75. The van der Waals surface area contributed by atoms with Gasteiger partial charge in [-0.1, -0.05) is 35.3 Å². The summed E-state index contributed by atoms with van der Waals surface area (Å²) in [6.07, 6.45) is 0.0475. The third-order valence-corrected chi connectivity index (χ3v) is 3.58. The summed E-state index contributed by atoms with van der Waals surface area (Å²) in [5, 5.41) is 4.38. The lowest BCUT2D eigenvalue weighted by Crippen LogP contribution is -2.22. The Morgan fingerprint density at radius 3 is 2.60 bits per heavy atom. The highest BCUT2D eigenvalue weighted by Crippen LogP contribution is 2.25. The predicted octanol–water partition coefficient (Wildman–Crippen LogP) is 5.18. The molecule has 1 N–H and O–H groups in total. The van der Waals surface area contributed by atoms with Crippen LogP contribution in [0, 0.1) is 6.92 Å². The minimum absolute atomic E-state index is 0.0475. The zero-order chi connectivity index (χ0) is 14.5. The summed E-state index contributed by atoms with van der Waals surface area (Å²) in [5.74, 6) is 0.883. The van der Waals surface area contributed by atoms with Gasteiger partial charge in [-0.2, -0.15) is 0 Å². The molecule has 2 rings (SSSR count). The van der Waals surface area contributed by atoms with E-state index in [0.29, 0.717) is 16.6 Å². The number of ether oxygens (including phenoxy) is 1. The number of hydrogen-bond acceptors (Lipinski definition) is 2. The van der Waals surface area contributed by atoms with Crippen LogP contribution in [0.1, 0.15) is 12.5 Å². The summed E-state index contributed by atoms with van der Waals surface area (Å²) < 4.78 is 5.85. The molecule has 0 aliphatic carbocycles. The van der Waals surface area contributed by atoms with Crippen LogP contribution in [0.25, 0.3) is 0 Å². The Kier molecular flexibility index (Phi) is 5.16. The first-order valence-corrected chi connectivity index (χ1v) is 7.22. The molecule has 1 atom stereocenters. The molecule has 0 aromatic heterocycles. The van der Waals surface area contributed by atoms with Gasteiger partial charge >= 0.3 is 0 Å². The van der Waals surface area contributed by atoms with Crippen LogP contribution >= 0.6 is 23.2 Å². The van der Waals surface area contributed by atoms with Crippen molar-refractivity contribution >= 4 is 28.9 Å². The van der Waals surface area contributed by atoms with Crippen LogP contribution in [0.5, 0.6) is 5.75 Å². The highest BCUT2D eigenvalue weighted by molar-refractivity contribution is 6.42. The van der Waals surface area contributed by atoms with Crippen molar-refractivity contribution in [3.8, 4) is 5.75 Å². The third-order valence-electron chi connectivity index (χ3n) is 2.84. The van der Waals surface area contributed by atoms with Crippen LogP contribution in [0.4, 0.5) is 5.69 Å². The van der Waals surface area contributed by atoms with E-state index in [2.05, 4.69) is 5.32 Å². The zero-order valence-electron chi connectivity index (χ0n) is 11.5. The fourth-order valence-electron chi connectivity index (χ4n) is 1.83. The summed E-state index contributed by atoms with van der Waals surface area (Å²) in [7, 11) is 0. The maximum atomic E-state index is 5.97. The summed E-state index contributed by atoms with van der Waals surface area (Å²) in [6, 6.07) is 13.5. The number of nitrogens with one attached hydrogen (secondary N) is 1. The summed E-state index contributed by atoms with van der Waals surface area (Å²) >= 11 is 11.9. The van der Waals surface area contributed by atoms with E-state index in [-0.39, 0.29) is 6.10 Å². The van der Waals surface area contributed by atoms with Gasteiger partial charge in [0.2, 0.25) is 0 Å². The van der Waals surface area contributed by atoms with Crippen LogP contribution in [-0.4, -0.2) is 12.6 Å². The maximum absolute atomic E-state index is 5.97. The van der Waals surface area contributed by atoms with Crippen molar-refractivity contribution in [1.82, 2.24) is 0 Å². The highest BCUT2D eigenvalue weighted by Gasteiger charge is 2.05. The fourth-order valence-corrected chi connectivity index (χ4v) is 2.13. The van der Waals surface area contributed by atoms with Crippen molar-refractivity contribution in [2.45, 2.75) is 20.0 Å². The van der Waals surface area contributed by atoms with Crippen molar-refractivity contribution in [3.63, 3.8) is 0 Å². The van der Waals surface area contributed by atoms with E-state index in [1.54, 1.807) is 6.07 Å². The fraction of sp³-hybridized carbons (Fsp3) is 0.250. The van der Waals surface area contributed by atoms with E-state index in [1.165, 1.54) is 5.56 Å². The molecule has 2 nitrogen and oxygen atoms in total. The van der Waals surface area contributed by atoms with Crippen LogP contribution in [0.3, 0.4) is 0 Å². The average Bonchev–Trinajstić information content (AvgIpc) is 2.40. The first-order valence-electron chi connectivity index (χ1n) is 6.47. The van der Waals surface area contributed by atoms with Crippen LogP contribution < -0.4 is 10.1 Å². The molecule has 1 unspecified atom stereocenters. The molecular formula is C16H17Cl2NO. The molecule has 0 saturated carbocycles. The van der Waals surface area contributed by atoms with Gasteiger partial charge in [-0.3, -0.25) is 0 Å². The van der Waals surface area contributed by atoms with Gasteiger partial charge in [-0.25, -0.2) is 0 Å². The van der Waals surface area contributed by atoms with Gasteiger partial charge in [-0.05, 0) is 49.7 Å². The molecule has 2 aromatic rings. The molecule has 0 spiro atoms. The van der Waals surface area contributed by atoms with E-state index < -0.39 is 0 Å². The molecule has 0 bridgehead atoms. The van der Waals surface area contributed by atoms with E-state index >= 15 is 0 Å². The Balaban J connectivity index is 1.88. The molecule has 0 fully saturated rings. The second kappa shape index (κ2) is 6.87. The van der Waals surface area contributed by atoms with Crippen LogP contribution in [0.15, 0.2) is 42.5 Å². The Morgan fingerprint density at radius 1 is 1.10 bits per heavy atom. The molecule has 106 valence electrons. The first kappa shape index (κ1) is 15.0. The maximum Gasteiger partial charge on any atom is 0.120 e. The molecule has 20 heavy (non-hydrogen) atoms. The monoisotopic (exact) mass is 309 g/mol. The average molecular weight is 310 g/mol. The second-order valence-corrected chi connectivity index (χ2v) is 5.57. The number of rotatable bonds is 5. The van der Waals surface area contributed by atoms with Gasteiger partial charge in [0.1, 0.15) is 11.9 Å². The van der Waals surface area contributed by atoms with Gasteiger partial charge < -0.3 is 10.1 Å². The van der Waals surface area contributed by atoms with Gasteiger partial charge in [0.25, 0.3) is 0 Å². The minimum atomic E-state index is 0.0475. The standard InChI is InChI=1S/C16H17Cl2NO/c1-11-4-3-5-14(8-11)20-12(2)10-19-13-6-7-15(17)16(18)9-13/h3-9,12,19H,10H2,1-2H3. The van der Waals surface area contributed by atoms with Crippen molar-refractivity contribution in [2.75, 3.05) is 11.9 Å². The lowest BCUT2D eigenvalue weighted by Gasteiger charge is -2.16. The Bertz CT molecular complexity index is 586. The zero-order valence-corrected chi connectivity index (χ0v) is 13.0. The van der Waals surface area contributed by atoms with Gasteiger partial charge in [0.15, 0.2) is 0 Å². The quantitative estimate of drug-likeness (QED) is 0.821. The molecule has 0 saturated heterocycles. The van der Waals surface area contributed by atoms with Crippen molar-refractivity contribution < 1.29 is 4.74 Å². The molecule has 0 amide bonds. The van der Waals surface area contributed by atoms with Crippen molar-refractivity contribution in [3.05, 3.63) is 58.1 Å². The number of anilines is 1. The van der Waals surface area contributed by atoms with E-state index in [9.17, 15) is 0 Å². The van der Waals surface area contributed by atoms with Gasteiger partial charge in [0.05, 0.1) is 16.6 Å². The molecule has 0 aliphatic rings. The highest BCUT2D eigenvalue weighted by atomic mass is 35.5. The van der Waals surface area contributed by atoms with Gasteiger partial charge in [-0.15, -0.1) is 0 Å². The predicted molar refractivity (Wildman–Crippen MR) is 86.2 cm³/mol. The lowest BCUT2D eigenvalue weighted by molar-refractivity contribution is 0.234. The Morgan fingerprint density at radius 2 is 1.90 bits per heavy atom. The molecule has 4 heteroatoms. The largest absolute Gasteiger partial charge is 0.489 e. The molecular weight excluding hydrogens is 293 g/mol. The van der Waals surface area contributed by atoms with Crippen molar-refractivity contribution in [1.29, 1.82) is 0 Å². The number of halogens is 2. The molecule has 0 radical (unpaired) electrons. The van der Waals surface area contributed by atoms with Gasteiger partial charge in [0, 0.05) is 5.69 Å². The first-order chi connectivity index (χ1) is 9.54. The number of benzene rings is 2. The topological polar surface area (TPSA) is 21.3 Å². The van der Waals surface area contributed by atoms with Crippen LogP contribution in [-0.2, 0) is 0 Å². The van der Waals surface area contributed by atoms with Crippen molar-refractivity contribution in [2.24, 2.45) is 0 Å². The third kappa shape index (κ3) is 4.32. The van der Waals surface area contributed by atoms with E-state index in [0.717, 1.165) is 11.4 Å².